The quantitative estimate of drug-likeness (QED) is 0.795. The fourth-order valence-electron chi connectivity index (χ4n) is 1.82. The molecule has 4 nitrogen and oxygen atoms in total. The third kappa shape index (κ3) is 2.40. The van der Waals surface area contributed by atoms with Gasteiger partial charge in [-0.2, -0.15) is 0 Å². The SMILES string of the molecule is CNCN(C)Cc1ccc2oc(C)nc2c1. The van der Waals surface area contributed by atoms with Gasteiger partial charge >= 0.3 is 0 Å². The maximum Gasteiger partial charge on any atom is 0.192 e. The molecule has 0 bridgehead atoms. The molecule has 1 aromatic carbocycles. The maximum atomic E-state index is 5.44. The number of aromatic nitrogens is 1. The van der Waals surface area contributed by atoms with Gasteiger partial charge in [-0.1, -0.05) is 6.07 Å². The second-order valence-electron chi connectivity index (χ2n) is 4.06. The summed E-state index contributed by atoms with van der Waals surface area (Å²) in [6, 6.07) is 6.15. The van der Waals surface area contributed by atoms with Crippen LogP contribution in [0.5, 0.6) is 0 Å². The van der Waals surface area contributed by atoms with E-state index in [0.717, 1.165) is 30.2 Å². The predicted molar refractivity (Wildman–Crippen MR) is 64.1 cm³/mol. The van der Waals surface area contributed by atoms with Crippen LogP contribution in [0.4, 0.5) is 0 Å². The average Bonchev–Trinajstić information content (AvgIpc) is 2.57. The van der Waals surface area contributed by atoms with E-state index in [1.54, 1.807) is 0 Å². The highest BCUT2D eigenvalue weighted by molar-refractivity contribution is 5.73. The Bertz CT molecular complexity index is 478. The number of nitrogens with one attached hydrogen (secondary N) is 1. The van der Waals surface area contributed by atoms with Crippen molar-refractivity contribution in [1.82, 2.24) is 15.2 Å². The van der Waals surface area contributed by atoms with Crippen molar-refractivity contribution in [2.75, 3.05) is 20.8 Å². The summed E-state index contributed by atoms with van der Waals surface area (Å²) < 4.78 is 5.44. The predicted octanol–water partition coefficient (Wildman–Crippen LogP) is 1.74. The van der Waals surface area contributed by atoms with E-state index < -0.39 is 0 Å². The minimum atomic E-state index is 0.718. The molecule has 2 rings (SSSR count). The van der Waals surface area contributed by atoms with Crippen LogP contribution in [0.25, 0.3) is 11.1 Å². The van der Waals surface area contributed by atoms with Crippen LogP contribution in [0.2, 0.25) is 0 Å². The zero-order chi connectivity index (χ0) is 11.5. The van der Waals surface area contributed by atoms with Gasteiger partial charge in [0.2, 0.25) is 0 Å². The van der Waals surface area contributed by atoms with E-state index in [1.807, 2.05) is 20.0 Å². The fourth-order valence-corrected chi connectivity index (χ4v) is 1.82. The number of nitrogens with zero attached hydrogens (tertiary/aromatic N) is 2. The van der Waals surface area contributed by atoms with E-state index in [-0.39, 0.29) is 0 Å². The second-order valence-corrected chi connectivity index (χ2v) is 4.06. The molecule has 0 spiro atoms. The van der Waals surface area contributed by atoms with Crippen molar-refractivity contribution in [3.05, 3.63) is 29.7 Å². The zero-order valence-corrected chi connectivity index (χ0v) is 9.95. The Morgan fingerprint density at radius 2 is 2.25 bits per heavy atom. The Labute approximate surface area is 95.3 Å². The minimum absolute atomic E-state index is 0.718. The molecule has 4 heteroatoms. The van der Waals surface area contributed by atoms with Gasteiger partial charge in [-0.05, 0) is 31.8 Å². The first-order valence-corrected chi connectivity index (χ1v) is 5.38. The standard InChI is InChI=1S/C12H17N3O/c1-9-14-11-6-10(4-5-12(11)16-9)7-15(3)8-13-2/h4-6,13H,7-8H2,1-3H3. The number of aryl methyl sites for hydroxylation is 1. The Morgan fingerprint density at radius 3 is 3.00 bits per heavy atom. The molecule has 1 heterocycles. The van der Waals surface area contributed by atoms with Gasteiger partial charge in [0.05, 0.1) is 0 Å². The lowest BCUT2D eigenvalue weighted by Crippen LogP contribution is -2.27. The summed E-state index contributed by atoms with van der Waals surface area (Å²) in [6.45, 7) is 3.64. The van der Waals surface area contributed by atoms with Crippen LogP contribution in [-0.4, -0.2) is 30.6 Å². The average molecular weight is 219 g/mol. The highest BCUT2D eigenvalue weighted by Crippen LogP contribution is 2.17. The summed E-state index contributed by atoms with van der Waals surface area (Å²) in [4.78, 5) is 6.53. The van der Waals surface area contributed by atoms with Crippen molar-refractivity contribution >= 4 is 11.1 Å². The number of oxazole rings is 1. The van der Waals surface area contributed by atoms with Crippen molar-refractivity contribution in [3.8, 4) is 0 Å². The summed E-state index contributed by atoms with van der Waals surface area (Å²) in [5, 5.41) is 3.12. The van der Waals surface area contributed by atoms with Crippen LogP contribution in [0.15, 0.2) is 22.6 Å². The molecule has 2 aromatic rings. The molecule has 16 heavy (non-hydrogen) atoms. The van der Waals surface area contributed by atoms with E-state index in [1.165, 1.54) is 5.56 Å². The molecular formula is C12H17N3O. The molecule has 0 saturated heterocycles. The number of fused-ring (bicyclic) bond motifs is 1. The van der Waals surface area contributed by atoms with Crippen LogP contribution in [0, 0.1) is 6.92 Å². The molecule has 0 fully saturated rings. The zero-order valence-electron chi connectivity index (χ0n) is 9.95. The normalized spacial score (nSPS) is 11.5. The van der Waals surface area contributed by atoms with Gasteiger partial charge in [-0.25, -0.2) is 4.98 Å². The summed E-state index contributed by atoms with van der Waals surface area (Å²) in [5.41, 5.74) is 3.05. The Kier molecular flexibility index (Phi) is 3.22. The van der Waals surface area contributed by atoms with Crippen LogP contribution < -0.4 is 5.32 Å². The number of hydrogen-bond donors (Lipinski definition) is 1. The second kappa shape index (κ2) is 4.63. The van der Waals surface area contributed by atoms with E-state index in [9.17, 15) is 0 Å². The monoisotopic (exact) mass is 219 g/mol. The largest absolute Gasteiger partial charge is 0.441 e. The highest BCUT2D eigenvalue weighted by atomic mass is 16.3. The molecule has 0 saturated carbocycles. The molecule has 0 amide bonds. The van der Waals surface area contributed by atoms with E-state index in [4.69, 9.17) is 4.42 Å². The van der Waals surface area contributed by atoms with Crippen LogP contribution in [-0.2, 0) is 6.54 Å². The van der Waals surface area contributed by atoms with Gasteiger partial charge in [0.25, 0.3) is 0 Å². The third-order valence-corrected chi connectivity index (χ3v) is 2.44. The summed E-state index contributed by atoms with van der Waals surface area (Å²) in [7, 11) is 4.02. The van der Waals surface area contributed by atoms with Gasteiger partial charge in [0.1, 0.15) is 5.52 Å². The molecule has 0 aliphatic heterocycles. The topological polar surface area (TPSA) is 41.3 Å². The summed E-state index contributed by atoms with van der Waals surface area (Å²) >= 11 is 0. The van der Waals surface area contributed by atoms with Crippen molar-refractivity contribution in [2.24, 2.45) is 0 Å². The number of benzene rings is 1. The van der Waals surface area contributed by atoms with Crippen LogP contribution >= 0.6 is 0 Å². The van der Waals surface area contributed by atoms with Gasteiger partial charge < -0.3 is 9.73 Å². The first-order chi connectivity index (χ1) is 7.69. The number of rotatable bonds is 4. The van der Waals surface area contributed by atoms with Gasteiger partial charge in [0.15, 0.2) is 11.5 Å². The van der Waals surface area contributed by atoms with Crippen LogP contribution in [0.3, 0.4) is 0 Å². The van der Waals surface area contributed by atoms with Crippen molar-refractivity contribution < 1.29 is 4.42 Å². The van der Waals surface area contributed by atoms with Crippen molar-refractivity contribution in [2.45, 2.75) is 13.5 Å². The lowest BCUT2D eigenvalue weighted by atomic mass is 10.2. The maximum absolute atomic E-state index is 5.44. The fraction of sp³-hybridized carbons (Fsp3) is 0.417. The lowest BCUT2D eigenvalue weighted by Gasteiger charge is -2.15. The molecular weight excluding hydrogens is 202 g/mol. The molecule has 1 aromatic heterocycles. The third-order valence-electron chi connectivity index (χ3n) is 2.44. The molecule has 0 unspecified atom stereocenters. The van der Waals surface area contributed by atoms with Gasteiger partial charge in [-0.15, -0.1) is 0 Å². The molecule has 0 aliphatic carbocycles. The Morgan fingerprint density at radius 1 is 1.44 bits per heavy atom. The van der Waals surface area contributed by atoms with Gasteiger partial charge in [-0.3, -0.25) is 4.90 Å². The molecule has 0 aliphatic rings. The van der Waals surface area contributed by atoms with Crippen molar-refractivity contribution in [3.63, 3.8) is 0 Å². The summed E-state index contributed by atoms with van der Waals surface area (Å²) in [6.07, 6.45) is 0. The van der Waals surface area contributed by atoms with Crippen molar-refractivity contribution in [1.29, 1.82) is 0 Å². The summed E-state index contributed by atoms with van der Waals surface area (Å²) in [5.74, 6) is 0.718. The molecule has 86 valence electrons. The van der Waals surface area contributed by atoms with Gasteiger partial charge in [0, 0.05) is 20.1 Å². The smallest absolute Gasteiger partial charge is 0.192 e. The molecule has 0 radical (unpaired) electrons. The Hall–Kier alpha value is -1.39. The first-order valence-electron chi connectivity index (χ1n) is 5.38. The molecule has 0 atom stereocenters. The highest BCUT2D eigenvalue weighted by Gasteiger charge is 2.04. The Balaban J connectivity index is 2.18. The van der Waals surface area contributed by atoms with E-state index in [0.29, 0.717) is 0 Å². The number of hydrogen-bond acceptors (Lipinski definition) is 4. The molecule has 1 N–H and O–H groups in total. The first kappa shape index (κ1) is 11.1. The lowest BCUT2D eigenvalue weighted by molar-refractivity contribution is 0.310. The van der Waals surface area contributed by atoms with E-state index >= 15 is 0 Å². The van der Waals surface area contributed by atoms with Crippen LogP contribution in [0.1, 0.15) is 11.5 Å². The van der Waals surface area contributed by atoms with E-state index in [2.05, 4.69) is 34.4 Å². The minimum Gasteiger partial charge on any atom is -0.441 e.